The molecule has 1 rings (SSSR count). The molecular formula is C9H17O. The fourth-order valence-corrected chi connectivity index (χ4v) is 1.05. The molecular weight excluding hydrogens is 124 g/mol. The number of ether oxygens (including phenoxy) is 1. The van der Waals surface area contributed by atoms with Crippen LogP contribution in [0, 0.1) is 12.8 Å². The zero-order chi connectivity index (χ0) is 7.40. The summed E-state index contributed by atoms with van der Waals surface area (Å²) in [6.45, 7) is 6.92. The Bertz CT molecular complexity index is 82.0. The molecule has 1 unspecified atom stereocenters. The third-order valence-electron chi connectivity index (χ3n) is 2.25. The summed E-state index contributed by atoms with van der Waals surface area (Å²) in [6.07, 6.45) is 5.40. The molecule has 0 aromatic carbocycles. The highest BCUT2D eigenvalue weighted by Gasteiger charge is 2.17. The average Bonchev–Trinajstić information content (AvgIpc) is 1.84. The lowest BCUT2D eigenvalue weighted by Crippen LogP contribution is -2.20. The topological polar surface area (TPSA) is 9.23 Å². The Labute approximate surface area is 63.8 Å². The van der Waals surface area contributed by atoms with E-state index in [0.29, 0.717) is 0 Å². The Kier molecular flexibility index (Phi) is 3.20. The van der Waals surface area contributed by atoms with Crippen molar-refractivity contribution in [3.05, 3.63) is 6.92 Å². The molecule has 0 spiro atoms. The maximum atomic E-state index is 5.48. The van der Waals surface area contributed by atoms with E-state index in [0.717, 1.165) is 18.9 Å². The van der Waals surface area contributed by atoms with Crippen LogP contribution in [0.25, 0.3) is 0 Å². The summed E-state index contributed by atoms with van der Waals surface area (Å²) in [5.41, 5.74) is 0. The van der Waals surface area contributed by atoms with Crippen molar-refractivity contribution in [2.24, 2.45) is 5.92 Å². The maximum Gasteiger partial charge on any atom is 0.0573 e. The van der Waals surface area contributed by atoms with Gasteiger partial charge in [0.15, 0.2) is 0 Å². The van der Waals surface area contributed by atoms with Crippen LogP contribution in [0.4, 0.5) is 0 Å². The van der Waals surface area contributed by atoms with Gasteiger partial charge in [0.25, 0.3) is 0 Å². The van der Waals surface area contributed by atoms with Gasteiger partial charge in [-0.3, -0.25) is 0 Å². The first-order valence-corrected chi connectivity index (χ1v) is 4.27. The number of rotatable bonds is 4. The number of hydrogen-bond donors (Lipinski definition) is 0. The molecule has 1 nitrogen and oxygen atoms in total. The van der Waals surface area contributed by atoms with E-state index in [1.165, 1.54) is 19.3 Å². The minimum atomic E-state index is 0.223. The summed E-state index contributed by atoms with van der Waals surface area (Å²) in [4.78, 5) is 0. The molecule has 1 fully saturated rings. The van der Waals surface area contributed by atoms with Gasteiger partial charge in [0, 0.05) is 6.61 Å². The zero-order valence-electron chi connectivity index (χ0n) is 6.81. The van der Waals surface area contributed by atoms with Crippen LogP contribution >= 0.6 is 0 Å². The third kappa shape index (κ3) is 2.30. The van der Waals surface area contributed by atoms with E-state index in [1.54, 1.807) is 0 Å². The van der Waals surface area contributed by atoms with Gasteiger partial charge in [0.2, 0.25) is 0 Å². The zero-order valence-corrected chi connectivity index (χ0v) is 6.81. The van der Waals surface area contributed by atoms with Crippen molar-refractivity contribution in [2.75, 3.05) is 6.61 Å². The van der Waals surface area contributed by atoms with Crippen LogP contribution < -0.4 is 0 Å². The molecule has 0 bridgehead atoms. The Hall–Kier alpha value is -0.0400. The Morgan fingerprint density at radius 2 is 2.30 bits per heavy atom. The lowest BCUT2D eigenvalue weighted by atomic mass is 9.86. The maximum absolute atomic E-state index is 5.48. The Morgan fingerprint density at radius 3 is 2.70 bits per heavy atom. The van der Waals surface area contributed by atoms with Crippen LogP contribution in [0.2, 0.25) is 0 Å². The van der Waals surface area contributed by atoms with Gasteiger partial charge in [-0.2, -0.15) is 0 Å². The highest BCUT2D eigenvalue weighted by molar-refractivity contribution is 4.69. The van der Waals surface area contributed by atoms with Gasteiger partial charge in [-0.05, 0) is 32.1 Å². The fourth-order valence-electron chi connectivity index (χ4n) is 1.05. The summed E-state index contributed by atoms with van der Waals surface area (Å²) in [6, 6.07) is 0. The minimum Gasteiger partial charge on any atom is -0.378 e. The highest BCUT2D eigenvalue weighted by Crippen LogP contribution is 2.26. The molecule has 59 valence electrons. The summed E-state index contributed by atoms with van der Waals surface area (Å²) in [5, 5.41) is 0. The van der Waals surface area contributed by atoms with Crippen molar-refractivity contribution in [1.29, 1.82) is 0 Å². The normalized spacial score (nSPS) is 22.2. The minimum absolute atomic E-state index is 0.223. The van der Waals surface area contributed by atoms with Gasteiger partial charge < -0.3 is 4.74 Å². The molecule has 1 atom stereocenters. The molecule has 0 heterocycles. The Morgan fingerprint density at radius 1 is 1.60 bits per heavy atom. The summed E-state index contributed by atoms with van der Waals surface area (Å²) in [5.74, 6) is 0.857. The van der Waals surface area contributed by atoms with E-state index in [9.17, 15) is 0 Å². The summed E-state index contributed by atoms with van der Waals surface area (Å²) < 4.78 is 5.48. The van der Waals surface area contributed by atoms with E-state index in [2.05, 4.69) is 13.8 Å². The van der Waals surface area contributed by atoms with Crippen LogP contribution in [0.3, 0.4) is 0 Å². The van der Waals surface area contributed by atoms with Crippen LogP contribution in [0.15, 0.2) is 0 Å². The van der Waals surface area contributed by atoms with Crippen LogP contribution in [0.5, 0.6) is 0 Å². The predicted octanol–water partition coefficient (Wildman–Crippen LogP) is 2.42. The smallest absolute Gasteiger partial charge is 0.0573 e. The van der Waals surface area contributed by atoms with Gasteiger partial charge >= 0.3 is 0 Å². The molecule has 0 aromatic heterocycles. The lowest BCUT2D eigenvalue weighted by Gasteiger charge is -2.26. The van der Waals surface area contributed by atoms with E-state index in [-0.39, 0.29) is 6.10 Å². The predicted molar refractivity (Wildman–Crippen MR) is 42.7 cm³/mol. The first kappa shape index (κ1) is 8.06. The summed E-state index contributed by atoms with van der Waals surface area (Å²) >= 11 is 0. The molecule has 0 aliphatic heterocycles. The molecule has 10 heavy (non-hydrogen) atoms. The molecule has 1 aliphatic rings. The fraction of sp³-hybridized carbons (Fsp3) is 0.889. The largest absolute Gasteiger partial charge is 0.378 e. The van der Waals surface area contributed by atoms with Crippen LogP contribution in [0.1, 0.15) is 32.6 Å². The molecule has 1 heteroatoms. The Balaban J connectivity index is 1.93. The second kappa shape index (κ2) is 3.97. The van der Waals surface area contributed by atoms with Gasteiger partial charge in [-0.25, -0.2) is 0 Å². The van der Waals surface area contributed by atoms with Crippen molar-refractivity contribution in [3.8, 4) is 0 Å². The second-order valence-corrected chi connectivity index (χ2v) is 3.16. The first-order chi connectivity index (χ1) is 4.83. The second-order valence-electron chi connectivity index (χ2n) is 3.16. The molecule has 0 amide bonds. The van der Waals surface area contributed by atoms with Crippen molar-refractivity contribution in [3.63, 3.8) is 0 Å². The monoisotopic (exact) mass is 141 g/mol. The third-order valence-corrected chi connectivity index (χ3v) is 2.25. The molecule has 0 saturated heterocycles. The van der Waals surface area contributed by atoms with Gasteiger partial charge in [0.1, 0.15) is 0 Å². The van der Waals surface area contributed by atoms with Crippen molar-refractivity contribution in [2.45, 2.75) is 38.7 Å². The molecule has 0 aromatic rings. The quantitative estimate of drug-likeness (QED) is 0.584. The molecule has 1 aliphatic carbocycles. The van der Waals surface area contributed by atoms with E-state index < -0.39 is 0 Å². The van der Waals surface area contributed by atoms with Crippen LogP contribution in [-0.4, -0.2) is 12.7 Å². The lowest BCUT2D eigenvalue weighted by molar-refractivity contribution is 0.0316. The van der Waals surface area contributed by atoms with E-state index >= 15 is 0 Å². The molecule has 0 N–H and O–H groups in total. The first-order valence-electron chi connectivity index (χ1n) is 4.27. The van der Waals surface area contributed by atoms with E-state index in [4.69, 9.17) is 4.74 Å². The highest BCUT2D eigenvalue weighted by atomic mass is 16.5. The standard InChI is InChI=1S/C9H17O/c1-3-8(2)10-7-9-5-4-6-9/h8-9H,2-7H2,1H3. The molecule has 1 radical (unpaired) electrons. The van der Waals surface area contributed by atoms with Crippen LogP contribution in [-0.2, 0) is 4.74 Å². The average molecular weight is 141 g/mol. The molecule has 1 saturated carbocycles. The summed E-state index contributed by atoms with van der Waals surface area (Å²) in [7, 11) is 0. The van der Waals surface area contributed by atoms with Gasteiger partial charge in [-0.1, -0.05) is 13.3 Å². The van der Waals surface area contributed by atoms with Crippen molar-refractivity contribution < 1.29 is 4.74 Å². The van der Waals surface area contributed by atoms with Gasteiger partial charge in [0.05, 0.1) is 6.10 Å². The number of hydrogen-bond acceptors (Lipinski definition) is 1. The van der Waals surface area contributed by atoms with Crippen molar-refractivity contribution >= 4 is 0 Å². The SMILES string of the molecule is [CH2]C(CC)OCC1CCC1. The van der Waals surface area contributed by atoms with Gasteiger partial charge in [-0.15, -0.1) is 0 Å². The van der Waals surface area contributed by atoms with Crippen molar-refractivity contribution in [1.82, 2.24) is 0 Å². The van der Waals surface area contributed by atoms with E-state index in [1.807, 2.05) is 0 Å².